The van der Waals surface area contributed by atoms with Crippen LogP contribution in [0.1, 0.15) is 27.2 Å². The Morgan fingerprint density at radius 1 is 1.27 bits per heavy atom. The van der Waals surface area contributed by atoms with Gasteiger partial charge in [-0.05, 0) is 31.4 Å². The number of hydrogen-bond acceptors (Lipinski definition) is 1. The molecule has 0 spiro atoms. The summed E-state index contributed by atoms with van der Waals surface area (Å²) in [6, 6.07) is 10.4. The fourth-order valence-electron chi connectivity index (χ4n) is 1.76. The van der Waals surface area contributed by atoms with Crippen LogP contribution >= 0.6 is 0 Å². The Kier molecular flexibility index (Phi) is 4.41. The van der Waals surface area contributed by atoms with E-state index in [0.29, 0.717) is 0 Å². The number of hydrogen-bond donors (Lipinski definition) is 0. The van der Waals surface area contributed by atoms with Crippen molar-refractivity contribution in [1.82, 2.24) is 0 Å². The van der Waals surface area contributed by atoms with Gasteiger partial charge in [0.1, 0.15) is 0 Å². The van der Waals surface area contributed by atoms with Crippen molar-refractivity contribution < 1.29 is 0 Å². The Balaban J connectivity index is 2.66. The lowest BCUT2D eigenvalue weighted by Gasteiger charge is -2.16. The third-order valence-corrected chi connectivity index (χ3v) is 2.31. The highest BCUT2D eigenvalue weighted by molar-refractivity contribution is 5.48. The number of para-hydroxylation sites is 1. The molecule has 1 aromatic rings. The van der Waals surface area contributed by atoms with Gasteiger partial charge in [-0.25, -0.2) is 0 Å². The summed E-state index contributed by atoms with van der Waals surface area (Å²) in [4.78, 5) is 2.18. The van der Waals surface area contributed by atoms with E-state index in [4.69, 9.17) is 0 Å². The Labute approximate surface area is 93.4 Å². The molecular formula is C14H21N. The third kappa shape index (κ3) is 4.20. The van der Waals surface area contributed by atoms with Crippen molar-refractivity contribution in [3.8, 4) is 0 Å². The highest BCUT2D eigenvalue weighted by atomic mass is 15.1. The lowest BCUT2D eigenvalue weighted by Crippen LogP contribution is -2.09. The van der Waals surface area contributed by atoms with Crippen molar-refractivity contribution in [3.63, 3.8) is 0 Å². The zero-order chi connectivity index (χ0) is 11.3. The molecule has 15 heavy (non-hydrogen) atoms. The average Bonchev–Trinajstić information content (AvgIpc) is 2.17. The number of nitrogens with zero attached hydrogens (tertiary/aromatic N) is 1. The first kappa shape index (κ1) is 11.8. The summed E-state index contributed by atoms with van der Waals surface area (Å²) in [6.45, 7) is 6.69. The minimum absolute atomic E-state index is 0.727. The predicted octanol–water partition coefficient (Wildman–Crippen LogP) is 4.07. The van der Waals surface area contributed by atoms with Crippen molar-refractivity contribution in [3.05, 3.63) is 42.1 Å². The van der Waals surface area contributed by atoms with Crippen LogP contribution in [0.3, 0.4) is 0 Å². The molecule has 0 radical (unpaired) electrons. The Morgan fingerprint density at radius 3 is 2.40 bits per heavy atom. The van der Waals surface area contributed by atoms with Gasteiger partial charge < -0.3 is 4.90 Å². The van der Waals surface area contributed by atoms with Crippen LogP contribution in [-0.4, -0.2) is 7.05 Å². The summed E-state index contributed by atoms with van der Waals surface area (Å²) in [6.07, 6.45) is 3.38. The van der Waals surface area contributed by atoms with Crippen molar-refractivity contribution >= 4 is 5.69 Å². The molecule has 1 heteroatoms. The number of benzene rings is 1. The second kappa shape index (κ2) is 5.59. The van der Waals surface area contributed by atoms with E-state index in [1.807, 2.05) is 6.07 Å². The van der Waals surface area contributed by atoms with Gasteiger partial charge in [-0.2, -0.15) is 0 Å². The molecule has 1 nitrogen and oxygen atoms in total. The molecule has 0 aliphatic rings. The van der Waals surface area contributed by atoms with Crippen LogP contribution in [0.15, 0.2) is 42.1 Å². The van der Waals surface area contributed by atoms with E-state index in [2.05, 4.69) is 63.2 Å². The molecule has 0 atom stereocenters. The monoisotopic (exact) mass is 203 g/mol. The van der Waals surface area contributed by atoms with Gasteiger partial charge >= 0.3 is 0 Å². The molecular weight excluding hydrogens is 182 g/mol. The average molecular weight is 203 g/mol. The SMILES string of the molecule is CC(=CN(C)c1ccccc1)CC(C)C. The minimum atomic E-state index is 0.727. The van der Waals surface area contributed by atoms with E-state index in [-0.39, 0.29) is 0 Å². The van der Waals surface area contributed by atoms with Gasteiger partial charge in [-0.15, -0.1) is 0 Å². The fraction of sp³-hybridized carbons (Fsp3) is 0.429. The van der Waals surface area contributed by atoms with Crippen molar-refractivity contribution in [1.29, 1.82) is 0 Å². The molecule has 0 aliphatic heterocycles. The maximum absolute atomic E-state index is 2.25. The highest BCUT2D eigenvalue weighted by Crippen LogP contribution is 2.15. The Bertz CT molecular complexity index is 311. The van der Waals surface area contributed by atoms with Crippen LogP contribution in [0.4, 0.5) is 5.69 Å². The van der Waals surface area contributed by atoms with Gasteiger partial charge in [-0.3, -0.25) is 0 Å². The molecule has 0 aromatic heterocycles. The summed E-state index contributed by atoms with van der Waals surface area (Å²) in [5, 5.41) is 0. The molecule has 82 valence electrons. The maximum atomic E-state index is 2.25. The third-order valence-electron chi connectivity index (χ3n) is 2.31. The fourth-order valence-corrected chi connectivity index (χ4v) is 1.76. The largest absolute Gasteiger partial charge is 0.351 e. The standard InChI is InChI=1S/C14H21N/c1-12(2)10-13(3)11-15(4)14-8-6-5-7-9-14/h5-9,11-12H,10H2,1-4H3. The number of anilines is 1. The summed E-state index contributed by atoms with van der Waals surface area (Å²) < 4.78 is 0. The van der Waals surface area contributed by atoms with Crippen molar-refractivity contribution in [2.24, 2.45) is 5.92 Å². The van der Waals surface area contributed by atoms with E-state index in [1.165, 1.54) is 11.3 Å². The van der Waals surface area contributed by atoms with E-state index < -0.39 is 0 Å². The molecule has 0 bridgehead atoms. The zero-order valence-corrected chi connectivity index (χ0v) is 10.2. The van der Waals surface area contributed by atoms with Crippen LogP contribution in [0, 0.1) is 5.92 Å². The van der Waals surface area contributed by atoms with Crippen LogP contribution in [0.25, 0.3) is 0 Å². The maximum Gasteiger partial charge on any atom is 0.0403 e. The molecule has 0 fully saturated rings. The molecule has 0 saturated carbocycles. The second-order valence-corrected chi connectivity index (χ2v) is 4.52. The zero-order valence-electron chi connectivity index (χ0n) is 10.2. The van der Waals surface area contributed by atoms with Crippen LogP contribution in [0.5, 0.6) is 0 Å². The molecule has 0 aliphatic carbocycles. The molecule has 0 saturated heterocycles. The summed E-state index contributed by atoms with van der Waals surface area (Å²) in [5.74, 6) is 0.727. The van der Waals surface area contributed by atoms with Gasteiger partial charge in [0.2, 0.25) is 0 Å². The van der Waals surface area contributed by atoms with Gasteiger partial charge in [0.25, 0.3) is 0 Å². The summed E-state index contributed by atoms with van der Waals surface area (Å²) in [7, 11) is 2.10. The van der Waals surface area contributed by atoms with Crippen LogP contribution in [0.2, 0.25) is 0 Å². The van der Waals surface area contributed by atoms with Crippen molar-refractivity contribution in [2.75, 3.05) is 11.9 Å². The summed E-state index contributed by atoms with van der Waals surface area (Å²) in [5.41, 5.74) is 2.66. The van der Waals surface area contributed by atoms with Gasteiger partial charge in [0.05, 0.1) is 0 Å². The molecule has 0 N–H and O–H groups in total. The first-order valence-electron chi connectivity index (χ1n) is 5.54. The normalized spacial score (nSPS) is 11.9. The van der Waals surface area contributed by atoms with Gasteiger partial charge in [-0.1, -0.05) is 37.6 Å². The minimum Gasteiger partial charge on any atom is -0.351 e. The lowest BCUT2D eigenvalue weighted by molar-refractivity contribution is 0.641. The smallest absolute Gasteiger partial charge is 0.0403 e. The van der Waals surface area contributed by atoms with Gasteiger partial charge in [0.15, 0.2) is 0 Å². The van der Waals surface area contributed by atoms with E-state index in [9.17, 15) is 0 Å². The molecule has 0 heterocycles. The van der Waals surface area contributed by atoms with Gasteiger partial charge in [0, 0.05) is 18.9 Å². The molecule has 0 unspecified atom stereocenters. The number of allylic oxidation sites excluding steroid dienone is 1. The van der Waals surface area contributed by atoms with E-state index in [1.54, 1.807) is 0 Å². The van der Waals surface area contributed by atoms with Crippen LogP contribution in [-0.2, 0) is 0 Å². The van der Waals surface area contributed by atoms with Crippen LogP contribution < -0.4 is 4.90 Å². The Morgan fingerprint density at radius 2 is 1.87 bits per heavy atom. The Hall–Kier alpha value is -1.24. The predicted molar refractivity (Wildman–Crippen MR) is 68.1 cm³/mol. The van der Waals surface area contributed by atoms with Crippen molar-refractivity contribution in [2.45, 2.75) is 27.2 Å². The topological polar surface area (TPSA) is 3.24 Å². The lowest BCUT2D eigenvalue weighted by atomic mass is 10.1. The van der Waals surface area contributed by atoms with E-state index >= 15 is 0 Å². The second-order valence-electron chi connectivity index (χ2n) is 4.52. The highest BCUT2D eigenvalue weighted by Gasteiger charge is 1.99. The molecule has 1 aromatic carbocycles. The quantitative estimate of drug-likeness (QED) is 0.713. The first-order valence-corrected chi connectivity index (χ1v) is 5.54. The molecule has 1 rings (SSSR count). The molecule has 0 amide bonds. The summed E-state index contributed by atoms with van der Waals surface area (Å²) >= 11 is 0. The number of rotatable bonds is 4. The van der Waals surface area contributed by atoms with E-state index in [0.717, 1.165) is 12.3 Å². The first-order chi connectivity index (χ1) is 7.09.